The Morgan fingerprint density at radius 2 is 1.74 bits per heavy atom. The number of aromatic nitrogens is 7. The quantitative estimate of drug-likeness (QED) is 0.0722. The Labute approximate surface area is 355 Å². The smallest absolute Gasteiger partial charge is 0.329 e. The lowest BCUT2D eigenvalue weighted by Crippen LogP contribution is -2.44. The molecule has 1 atom stereocenters. The number of ether oxygens (including phenoxy) is 1. The largest absolute Gasteiger partial charge is 0.381 e. The molecule has 2 aliphatic rings. The number of imide groups is 1. The van der Waals surface area contributed by atoms with Crippen LogP contribution >= 0.6 is 0 Å². The van der Waals surface area contributed by atoms with Crippen molar-refractivity contribution >= 4 is 45.9 Å². The monoisotopic (exact) mass is 852 g/mol. The van der Waals surface area contributed by atoms with Crippen molar-refractivity contribution in [2.24, 2.45) is 7.05 Å². The van der Waals surface area contributed by atoms with E-state index < -0.39 is 30.0 Å². The Bertz CT molecular complexity index is 2610. The zero-order valence-electron chi connectivity index (χ0n) is 34.5. The molecule has 326 valence electrons. The van der Waals surface area contributed by atoms with Gasteiger partial charge in [-0.3, -0.25) is 28.8 Å². The maximum absolute atomic E-state index is 14.1. The van der Waals surface area contributed by atoms with Crippen LogP contribution in [0.5, 0.6) is 0 Å². The number of hydrogen-bond acceptors (Lipinski definition) is 11. The Morgan fingerprint density at radius 1 is 0.968 bits per heavy atom. The summed E-state index contributed by atoms with van der Waals surface area (Å²) in [6.07, 6.45) is 6.61. The van der Waals surface area contributed by atoms with Crippen LogP contribution in [-0.4, -0.2) is 97.2 Å². The van der Waals surface area contributed by atoms with Gasteiger partial charge in [0.25, 0.3) is 12.3 Å². The second-order valence-electron chi connectivity index (χ2n) is 15.6. The molecule has 3 amide bonds. The summed E-state index contributed by atoms with van der Waals surface area (Å²) < 4.78 is 40.0. The number of benzene rings is 2. The summed E-state index contributed by atoms with van der Waals surface area (Å²) in [7, 11) is 1.70. The lowest BCUT2D eigenvalue weighted by atomic mass is 10.0. The van der Waals surface area contributed by atoms with Gasteiger partial charge < -0.3 is 25.6 Å². The highest BCUT2D eigenvalue weighted by atomic mass is 19.3. The molecule has 19 heteroatoms. The highest BCUT2D eigenvalue weighted by Crippen LogP contribution is 2.29. The van der Waals surface area contributed by atoms with Crippen LogP contribution in [0, 0.1) is 0 Å². The number of anilines is 2. The van der Waals surface area contributed by atoms with Gasteiger partial charge in [-0.25, -0.2) is 27.8 Å². The van der Waals surface area contributed by atoms with Crippen LogP contribution in [0.25, 0.3) is 22.4 Å². The Morgan fingerprint density at radius 3 is 2.52 bits per heavy atom. The minimum Gasteiger partial charge on any atom is -0.381 e. The second kappa shape index (κ2) is 19.2. The summed E-state index contributed by atoms with van der Waals surface area (Å²) in [5.74, 6) is -0.652. The van der Waals surface area contributed by atoms with Crippen molar-refractivity contribution in [3.05, 3.63) is 100.0 Å². The molecule has 17 nitrogen and oxygen atoms in total. The molecule has 0 radical (unpaired) electrons. The van der Waals surface area contributed by atoms with E-state index in [2.05, 4.69) is 41.3 Å². The van der Waals surface area contributed by atoms with Crippen molar-refractivity contribution in [2.45, 2.75) is 64.0 Å². The van der Waals surface area contributed by atoms with E-state index in [9.17, 15) is 28.0 Å². The van der Waals surface area contributed by atoms with Gasteiger partial charge in [-0.05, 0) is 86.5 Å². The molecular formula is C43H50F2N12O5. The average Bonchev–Trinajstić information content (AvgIpc) is 3.97. The van der Waals surface area contributed by atoms with Gasteiger partial charge in [-0.15, -0.1) is 0 Å². The fourth-order valence-electron chi connectivity index (χ4n) is 7.94. The third kappa shape index (κ3) is 9.44. The maximum Gasteiger partial charge on any atom is 0.329 e. The molecule has 2 aliphatic heterocycles. The normalized spacial score (nSPS) is 15.9. The van der Waals surface area contributed by atoms with Crippen LogP contribution in [0.1, 0.15) is 78.2 Å². The number of imidazole rings is 1. The minimum absolute atomic E-state index is 0.0945. The van der Waals surface area contributed by atoms with E-state index >= 15 is 0 Å². The van der Waals surface area contributed by atoms with Crippen molar-refractivity contribution in [2.75, 3.05) is 56.2 Å². The number of nitrogens with one attached hydrogen (secondary N) is 4. The van der Waals surface area contributed by atoms with E-state index in [1.807, 2.05) is 36.4 Å². The number of aryl methyl sites for hydroxylation is 2. The van der Waals surface area contributed by atoms with Crippen molar-refractivity contribution in [1.29, 1.82) is 0 Å². The topological polar surface area (TPSA) is 187 Å². The maximum atomic E-state index is 14.1. The SMILES string of the molecule is Cn1c(=O)n(C2CCC(=O)NC2=O)c2ccc(CCCCOCCCCNCc3ccc(-n4cc(NC(=O)c5cnn6ccc(N7CCNCC7)nc56)c(C(F)F)n4)cc3)cc21. The molecule has 0 saturated carbocycles. The molecule has 0 bridgehead atoms. The number of nitrogens with zero attached hydrogens (tertiary/aromatic N) is 8. The fourth-order valence-corrected chi connectivity index (χ4v) is 7.94. The van der Waals surface area contributed by atoms with Crippen LogP contribution in [0.15, 0.2) is 71.9 Å². The summed E-state index contributed by atoms with van der Waals surface area (Å²) in [6, 6.07) is 14.4. The lowest BCUT2D eigenvalue weighted by molar-refractivity contribution is -0.135. The van der Waals surface area contributed by atoms with Gasteiger partial charge in [0.15, 0.2) is 11.3 Å². The third-order valence-electron chi connectivity index (χ3n) is 11.3. The molecule has 2 fully saturated rings. The molecule has 6 heterocycles. The first-order valence-corrected chi connectivity index (χ1v) is 21.0. The molecule has 8 rings (SSSR count). The van der Waals surface area contributed by atoms with Crippen molar-refractivity contribution in [3.63, 3.8) is 0 Å². The average molecular weight is 853 g/mol. The number of carbonyl (C=O) groups excluding carboxylic acids is 3. The van der Waals surface area contributed by atoms with Gasteiger partial charge >= 0.3 is 5.69 Å². The fraction of sp³-hybridized carbons (Fsp3) is 0.419. The molecule has 0 spiro atoms. The standard InChI is InChI=1S/C43H50F2N12O5/c1-53-35-24-28(9-12-33(35)57(43(53)61)34-13-14-37(58)51-42(34)60)6-2-4-22-62-23-5-3-16-47-25-29-7-10-30(11-8-29)56-27-32(38(52-56)39(44)45)49-41(59)31-26-48-55-19-15-36(50-40(31)55)54-20-17-46-18-21-54/h7-12,15,19,24,26-27,34,39,46-47H,2-6,13-14,16-18,20-23,25H2,1H3,(H,49,59)(H,51,58,60). The number of piperazine rings is 1. The van der Waals surface area contributed by atoms with E-state index in [0.717, 1.165) is 81.5 Å². The van der Waals surface area contributed by atoms with Gasteiger partial charge in [0.1, 0.15) is 17.4 Å². The van der Waals surface area contributed by atoms with E-state index in [-0.39, 0.29) is 29.3 Å². The van der Waals surface area contributed by atoms with E-state index in [1.165, 1.54) is 26.2 Å². The van der Waals surface area contributed by atoms with Crippen molar-refractivity contribution in [3.8, 4) is 5.69 Å². The lowest BCUT2D eigenvalue weighted by Gasteiger charge is -2.28. The first-order chi connectivity index (χ1) is 30.1. The molecule has 2 aromatic carbocycles. The van der Waals surface area contributed by atoms with Crippen molar-refractivity contribution in [1.82, 2.24) is 49.5 Å². The molecular weight excluding hydrogens is 803 g/mol. The van der Waals surface area contributed by atoms with Crippen LogP contribution in [0.2, 0.25) is 0 Å². The summed E-state index contributed by atoms with van der Waals surface area (Å²) >= 11 is 0. The number of hydrogen-bond donors (Lipinski definition) is 4. The Hall–Kier alpha value is -6.31. The molecule has 4 aromatic heterocycles. The van der Waals surface area contributed by atoms with Gasteiger partial charge in [-0.1, -0.05) is 18.2 Å². The Kier molecular flexibility index (Phi) is 13.1. The highest BCUT2D eigenvalue weighted by molar-refractivity contribution is 6.08. The number of amides is 3. The Balaban J connectivity index is 0.741. The van der Waals surface area contributed by atoms with E-state index in [4.69, 9.17) is 4.74 Å². The third-order valence-corrected chi connectivity index (χ3v) is 11.3. The number of halogens is 2. The molecule has 4 N–H and O–H groups in total. The van der Waals surface area contributed by atoms with E-state index in [0.29, 0.717) is 48.8 Å². The molecule has 6 aromatic rings. The number of fused-ring (bicyclic) bond motifs is 2. The van der Waals surface area contributed by atoms with Crippen LogP contribution < -0.4 is 31.9 Å². The highest BCUT2D eigenvalue weighted by Gasteiger charge is 2.31. The van der Waals surface area contributed by atoms with Gasteiger partial charge in [0.2, 0.25) is 11.8 Å². The summed E-state index contributed by atoms with van der Waals surface area (Å²) in [5, 5.41) is 20.0. The van der Waals surface area contributed by atoms with Gasteiger partial charge in [-0.2, -0.15) is 10.2 Å². The predicted molar refractivity (Wildman–Crippen MR) is 228 cm³/mol. The number of rotatable bonds is 18. The summed E-state index contributed by atoms with van der Waals surface area (Å²) in [4.78, 5) is 57.2. The van der Waals surface area contributed by atoms with Crippen molar-refractivity contribution < 1.29 is 27.9 Å². The molecule has 2 saturated heterocycles. The molecule has 62 heavy (non-hydrogen) atoms. The van der Waals surface area contributed by atoms with Crippen LogP contribution in [0.3, 0.4) is 0 Å². The number of carbonyl (C=O) groups is 3. The minimum atomic E-state index is -2.91. The number of piperidine rings is 1. The zero-order valence-corrected chi connectivity index (χ0v) is 34.5. The summed E-state index contributed by atoms with van der Waals surface area (Å²) in [6.45, 7) is 5.97. The zero-order chi connectivity index (χ0) is 43.2. The van der Waals surface area contributed by atoms with Crippen LogP contribution in [-0.2, 0) is 34.3 Å². The number of unbranched alkanes of at least 4 members (excludes halogenated alkanes) is 2. The number of alkyl halides is 2. The first kappa shape index (κ1) is 42.4. The van der Waals surface area contributed by atoms with Gasteiger partial charge in [0.05, 0.1) is 34.8 Å². The summed E-state index contributed by atoms with van der Waals surface area (Å²) in [5.41, 5.74) is 3.73. The van der Waals surface area contributed by atoms with Crippen LogP contribution in [0.4, 0.5) is 20.3 Å². The van der Waals surface area contributed by atoms with E-state index in [1.54, 1.807) is 29.9 Å². The predicted octanol–water partition coefficient (Wildman–Crippen LogP) is 4.05. The first-order valence-electron chi connectivity index (χ1n) is 21.0. The molecule has 0 aliphatic carbocycles. The van der Waals surface area contributed by atoms with Gasteiger partial charge in [0, 0.05) is 65.6 Å². The molecule has 1 unspecified atom stereocenters. The second-order valence-corrected chi connectivity index (χ2v) is 15.6.